The van der Waals surface area contributed by atoms with Crippen LogP contribution in [0.15, 0.2) is 12.1 Å². The third-order valence-electron chi connectivity index (χ3n) is 3.10. The van der Waals surface area contributed by atoms with Gasteiger partial charge in [0.1, 0.15) is 5.82 Å². The number of halogens is 2. The van der Waals surface area contributed by atoms with E-state index >= 15 is 0 Å². The Morgan fingerprint density at radius 2 is 2.26 bits per heavy atom. The molecule has 0 amide bonds. The van der Waals surface area contributed by atoms with Gasteiger partial charge in [0.25, 0.3) is 0 Å². The van der Waals surface area contributed by atoms with Crippen molar-refractivity contribution >= 4 is 28.6 Å². The maximum absolute atomic E-state index is 13.4. The second-order valence-corrected chi connectivity index (χ2v) is 4.90. The Hall–Kier alpha value is -1.33. The normalized spacial score (nSPS) is 13.1. The first-order valence-electron chi connectivity index (χ1n) is 6.19. The zero-order valence-corrected chi connectivity index (χ0v) is 11.7. The number of fused-ring (bicyclic) bond motifs is 1. The summed E-state index contributed by atoms with van der Waals surface area (Å²) in [5.41, 5.74) is 7.19. The van der Waals surface area contributed by atoms with E-state index in [0.717, 1.165) is 18.4 Å². The molecule has 0 radical (unpaired) electrons. The summed E-state index contributed by atoms with van der Waals surface area (Å²) >= 11 is 5.84. The zero-order chi connectivity index (χ0) is 14.0. The van der Waals surface area contributed by atoms with Gasteiger partial charge in [0, 0.05) is 13.2 Å². The van der Waals surface area contributed by atoms with E-state index in [1.807, 2.05) is 4.57 Å². The average molecular weight is 286 g/mol. The fourth-order valence-electron chi connectivity index (χ4n) is 2.31. The third kappa shape index (κ3) is 2.67. The van der Waals surface area contributed by atoms with Crippen molar-refractivity contribution in [2.24, 2.45) is 0 Å². The molecule has 0 aliphatic carbocycles. The minimum Gasteiger partial charge on any atom is -0.383 e. The number of hydrogen-bond acceptors (Lipinski definition) is 3. The van der Waals surface area contributed by atoms with Crippen molar-refractivity contribution in [2.45, 2.75) is 25.8 Å². The summed E-state index contributed by atoms with van der Waals surface area (Å²) < 4.78 is 20.5. The summed E-state index contributed by atoms with van der Waals surface area (Å²) in [6, 6.07) is 2.94. The molecule has 0 fully saturated rings. The third-order valence-corrected chi connectivity index (χ3v) is 3.39. The lowest BCUT2D eigenvalue weighted by atomic mass is 10.1. The lowest BCUT2D eigenvalue weighted by molar-refractivity contribution is 0.153. The molecule has 2 N–H and O–H groups in total. The van der Waals surface area contributed by atoms with Crippen LogP contribution in [0.2, 0.25) is 5.02 Å². The first-order chi connectivity index (χ1) is 9.08. The molecule has 1 aromatic heterocycles. The minimum absolute atomic E-state index is 0.0707. The van der Waals surface area contributed by atoms with Gasteiger partial charge in [0.05, 0.1) is 28.7 Å². The molecule has 0 spiro atoms. The fraction of sp³-hybridized carbons (Fsp3) is 0.462. The Kier molecular flexibility index (Phi) is 4.27. The number of nitrogens with zero attached hydrogens (tertiary/aromatic N) is 2. The summed E-state index contributed by atoms with van der Waals surface area (Å²) in [5, 5.41) is 0.0707. The highest BCUT2D eigenvalue weighted by Crippen LogP contribution is 2.29. The van der Waals surface area contributed by atoms with Crippen LogP contribution in [-0.4, -0.2) is 23.3 Å². The molecule has 0 bridgehead atoms. The molecule has 0 aliphatic rings. The molecule has 0 saturated heterocycles. The zero-order valence-electron chi connectivity index (χ0n) is 11.0. The van der Waals surface area contributed by atoms with Gasteiger partial charge in [-0.2, -0.15) is 0 Å². The molecule has 0 aliphatic heterocycles. The lowest BCUT2D eigenvalue weighted by Gasteiger charge is -2.19. The summed E-state index contributed by atoms with van der Waals surface area (Å²) in [4.78, 5) is 4.19. The van der Waals surface area contributed by atoms with E-state index in [1.54, 1.807) is 13.2 Å². The molecule has 19 heavy (non-hydrogen) atoms. The molecule has 1 unspecified atom stereocenters. The van der Waals surface area contributed by atoms with Crippen LogP contribution in [0.25, 0.3) is 11.0 Å². The number of imidazole rings is 1. The number of aromatic nitrogens is 2. The van der Waals surface area contributed by atoms with Crippen molar-refractivity contribution < 1.29 is 9.13 Å². The highest BCUT2D eigenvalue weighted by Gasteiger charge is 2.18. The van der Waals surface area contributed by atoms with Crippen molar-refractivity contribution in [3.8, 4) is 0 Å². The lowest BCUT2D eigenvalue weighted by Crippen LogP contribution is -2.16. The maximum Gasteiger partial charge on any atom is 0.201 e. The van der Waals surface area contributed by atoms with Crippen LogP contribution < -0.4 is 5.73 Å². The molecular weight excluding hydrogens is 269 g/mol. The molecule has 2 aromatic rings. The van der Waals surface area contributed by atoms with Gasteiger partial charge in [0.2, 0.25) is 5.95 Å². The van der Waals surface area contributed by atoms with E-state index in [2.05, 4.69) is 11.9 Å². The summed E-state index contributed by atoms with van der Waals surface area (Å²) in [7, 11) is 1.64. The van der Waals surface area contributed by atoms with E-state index in [-0.39, 0.29) is 11.1 Å². The predicted molar refractivity (Wildman–Crippen MR) is 74.9 cm³/mol. The van der Waals surface area contributed by atoms with E-state index in [9.17, 15) is 4.39 Å². The Bertz CT molecular complexity index is 579. The fourth-order valence-corrected chi connectivity index (χ4v) is 2.46. The minimum atomic E-state index is -0.488. The number of nitrogens with two attached hydrogens (primary N) is 1. The summed E-state index contributed by atoms with van der Waals surface area (Å²) in [6.45, 7) is 2.61. The largest absolute Gasteiger partial charge is 0.383 e. The molecule has 1 atom stereocenters. The van der Waals surface area contributed by atoms with Crippen LogP contribution >= 0.6 is 11.6 Å². The van der Waals surface area contributed by atoms with Gasteiger partial charge in [-0.1, -0.05) is 24.9 Å². The van der Waals surface area contributed by atoms with Gasteiger partial charge < -0.3 is 15.0 Å². The van der Waals surface area contributed by atoms with Crippen molar-refractivity contribution in [2.75, 3.05) is 19.5 Å². The van der Waals surface area contributed by atoms with Crippen LogP contribution in [0, 0.1) is 5.82 Å². The number of ether oxygens (including phenoxy) is 1. The Balaban J connectivity index is 2.57. The van der Waals surface area contributed by atoms with Gasteiger partial charge in [-0.25, -0.2) is 9.37 Å². The summed E-state index contributed by atoms with van der Waals surface area (Å²) in [6.07, 6.45) is 1.89. The molecule has 6 heteroatoms. The second kappa shape index (κ2) is 5.75. The molecule has 4 nitrogen and oxygen atoms in total. The highest BCUT2D eigenvalue weighted by molar-refractivity contribution is 6.31. The van der Waals surface area contributed by atoms with Crippen LogP contribution in [-0.2, 0) is 4.74 Å². The number of rotatable bonds is 5. The number of methoxy groups -OCH3 is 1. The van der Waals surface area contributed by atoms with Gasteiger partial charge in [-0.3, -0.25) is 0 Å². The van der Waals surface area contributed by atoms with E-state index < -0.39 is 5.82 Å². The Morgan fingerprint density at radius 3 is 2.89 bits per heavy atom. The molecule has 104 valence electrons. The van der Waals surface area contributed by atoms with Crippen molar-refractivity contribution in [3.05, 3.63) is 23.0 Å². The molecule has 0 saturated carbocycles. The van der Waals surface area contributed by atoms with Crippen LogP contribution in [0.5, 0.6) is 0 Å². The van der Waals surface area contributed by atoms with Crippen molar-refractivity contribution in [3.63, 3.8) is 0 Å². The van der Waals surface area contributed by atoms with Gasteiger partial charge >= 0.3 is 0 Å². The van der Waals surface area contributed by atoms with Crippen LogP contribution in [0.4, 0.5) is 10.3 Å². The molecular formula is C13H17ClFN3O. The SMILES string of the molecule is CCCC(COC)n1c(N)nc2cc(F)c(Cl)cc21. The highest BCUT2D eigenvalue weighted by atomic mass is 35.5. The van der Waals surface area contributed by atoms with Gasteiger partial charge in [-0.15, -0.1) is 0 Å². The number of nitrogen functional groups attached to an aromatic ring is 1. The number of benzene rings is 1. The molecule has 1 heterocycles. The van der Waals surface area contributed by atoms with E-state index in [0.29, 0.717) is 18.1 Å². The van der Waals surface area contributed by atoms with E-state index in [1.165, 1.54) is 6.07 Å². The average Bonchev–Trinajstić information content (AvgIpc) is 2.65. The van der Waals surface area contributed by atoms with Crippen molar-refractivity contribution in [1.82, 2.24) is 9.55 Å². The topological polar surface area (TPSA) is 53.1 Å². The molecule has 1 aromatic carbocycles. The smallest absolute Gasteiger partial charge is 0.201 e. The first kappa shape index (κ1) is 14.1. The van der Waals surface area contributed by atoms with Crippen molar-refractivity contribution in [1.29, 1.82) is 0 Å². The first-order valence-corrected chi connectivity index (χ1v) is 6.57. The van der Waals surface area contributed by atoms with Crippen LogP contribution in [0.1, 0.15) is 25.8 Å². The monoisotopic (exact) mass is 285 g/mol. The van der Waals surface area contributed by atoms with Gasteiger partial charge in [0.15, 0.2) is 0 Å². The number of anilines is 1. The van der Waals surface area contributed by atoms with E-state index in [4.69, 9.17) is 22.1 Å². The quantitative estimate of drug-likeness (QED) is 0.916. The second-order valence-electron chi connectivity index (χ2n) is 4.49. The van der Waals surface area contributed by atoms with Gasteiger partial charge in [-0.05, 0) is 12.5 Å². The standard InChI is InChI=1S/C13H17ClFN3O/c1-3-4-8(7-19-2)18-12-5-9(14)10(15)6-11(12)17-13(18)16/h5-6,8H,3-4,7H2,1-2H3,(H2,16,17). The Labute approximate surface area is 116 Å². The summed E-state index contributed by atoms with van der Waals surface area (Å²) in [5.74, 6) is -0.134. The van der Waals surface area contributed by atoms with Crippen LogP contribution in [0.3, 0.4) is 0 Å². The maximum atomic E-state index is 13.4. The predicted octanol–water partition coefficient (Wildman–Crippen LogP) is 3.40. The number of hydrogen-bond donors (Lipinski definition) is 1. The molecule has 2 rings (SSSR count). The Morgan fingerprint density at radius 1 is 1.53 bits per heavy atom.